The molecule has 0 fully saturated rings. The first kappa shape index (κ1) is 23.4. The minimum Gasteiger partial charge on any atom is -0.493 e. The molecule has 0 unspecified atom stereocenters. The third-order valence-electron chi connectivity index (χ3n) is 6.02. The number of ether oxygens (including phenoxy) is 2. The molecule has 1 N–H and O–H groups in total. The van der Waals surface area contributed by atoms with Crippen molar-refractivity contribution in [3.05, 3.63) is 68.6 Å². The molecule has 1 aliphatic heterocycles. The number of carbonyl (C=O) groups is 1. The van der Waals surface area contributed by atoms with Crippen LogP contribution in [-0.2, 0) is 24.3 Å². The summed E-state index contributed by atoms with van der Waals surface area (Å²) in [4.78, 5) is 29.9. The molecule has 0 aliphatic carbocycles. The quantitative estimate of drug-likeness (QED) is 0.604. The van der Waals surface area contributed by atoms with Crippen LogP contribution in [0.25, 0.3) is 11.3 Å². The van der Waals surface area contributed by atoms with Gasteiger partial charge in [0, 0.05) is 18.2 Å². The molecular weight excluding hydrogens is 434 g/mol. The van der Waals surface area contributed by atoms with Crippen molar-refractivity contribution in [3.8, 4) is 22.8 Å². The number of aliphatic carboxylic acids is 1. The predicted octanol–water partition coefficient (Wildman–Crippen LogP) is 3.52. The molecule has 0 saturated heterocycles. The van der Waals surface area contributed by atoms with Gasteiger partial charge in [0.2, 0.25) is 0 Å². The minimum absolute atomic E-state index is 0.300. The van der Waals surface area contributed by atoms with Gasteiger partial charge in [-0.25, -0.2) is 9.79 Å². The number of rotatable bonds is 6. The standard InChI is InChI=1S/C26H29N3O5/c1-6-34-22-11-18-7-8-28-20(19(18)12-21(22)33-5)13-23(29(26(28)32)14-24(30)31)27-25-16(3)9-15(2)10-17(25)4/h9-13H,6-8,14H2,1-5H3,(H,30,31). The summed E-state index contributed by atoms with van der Waals surface area (Å²) in [7, 11) is 1.58. The van der Waals surface area contributed by atoms with Crippen molar-refractivity contribution in [2.75, 3.05) is 13.7 Å². The number of hydrogen-bond acceptors (Lipinski definition) is 5. The molecule has 178 valence electrons. The van der Waals surface area contributed by atoms with E-state index in [-0.39, 0.29) is 0 Å². The first-order valence-electron chi connectivity index (χ1n) is 11.3. The zero-order chi connectivity index (χ0) is 24.6. The number of aryl methyl sites for hydroxylation is 4. The fourth-order valence-corrected chi connectivity index (χ4v) is 4.61. The Labute approximate surface area is 197 Å². The van der Waals surface area contributed by atoms with E-state index in [0.717, 1.165) is 33.5 Å². The highest BCUT2D eigenvalue weighted by Gasteiger charge is 2.23. The Morgan fingerprint density at radius 1 is 1.09 bits per heavy atom. The van der Waals surface area contributed by atoms with E-state index in [9.17, 15) is 14.7 Å². The summed E-state index contributed by atoms with van der Waals surface area (Å²) in [6.07, 6.45) is 0.617. The van der Waals surface area contributed by atoms with E-state index >= 15 is 0 Å². The predicted molar refractivity (Wildman–Crippen MR) is 129 cm³/mol. The molecule has 0 amide bonds. The molecular formula is C26H29N3O5. The third kappa shape index (κ3) is 4.23. The zero-order valence-electron chi connectivity index (χ0n) is 20.1. The van der Waals surface area contributed by atoms with Crippen LogP contribution in [0.4, 0.5) is 5.69 Å². The topological polar surface area (TPSA) is 95.1 Å². The summed E-state index contributed by atoms with van der Waals surface area (Å²) >= 11 is 0. The van der Waals surface area contributed by atoms with Crippen molar-refractivity contribution in [1.82, 2.24) is 9.13 Å². The molecule has 8 nitrogen and oxygen atoms in total. The molecule has 0 bridgehead atoms. The molecule has 0 spiro atoms. The van der Waals surface area contributed by atoms with Gasteiger partial charge in [-0.2, -0.15) is 0 Å². The maximum Gasteiger partial charge on any atom is 0.330 e. The van der Waals surface area contributed by atoms with E-state index in [1.54, 1.807) is 17.7 Å². The zero-order valence-corrected chi connectivity index (χ0v) is 20.1. The van der Waals surface area contributed by atoms with Crippen LogP contribution in [0.3, 0.4) is 0 Å². The Kier molecular flexibility index (Phi) is 6.32. The first-order chi connectivity index (χ1) is 16.2. The van der Waals surface area contributed by atoms with E-state index in [1.165, 1.54) is 4.57 Å². The van der Waals surface area contributed by atoms with Gasteiger partial charge >= 0.3 is 11.7 Å². The number of aromatic nitrogens is 2. The molecule has 1 aromatic heterocycles. The average molecular weight is 464 g/mol. The molecule has 34 heavy (non-hydrogen) atoms. The molecule has 8 heteroatoms. The Balaban J connectivity index is 2.02. The van der Waals surface area contributed by atoms with Crippen LogP contribution >= 0.6 is 0 Å². The van der Waals surface area contributed by atoms with Gasteiger partial charge in [0.05, 0.1) is 25.1 Å². The number of hydrogen-bond donors (Lipinski definition) is 1. The van der Waals surface area contributed by atoms with Gasteiger partial charge in [-0.15, -0.1) is 0 Å². The van der Waals surface area contributed by atoms with Crippen molar-refractivity contribution in [3.63, 3.8) is 0 Å². The number of nitrogens with zero attached hydrogens (tertiary/aromatic N) is 3. The average Bonchev–Trinajstić information content (AvgIpc) is 2.77. The molecule has 0 atom stereocenters. The lowest BCUT2D eigenvalue weighted by molar-refractivity contribution is -0.137. The van der Waals surface area contributed by atoms with Crippen LogP contribution in [0.15, 0.2) is 40.1 Å². The maximum absolute atomic E-state index is 13.5. The Bertz CT molecular complexity index is 1390. The van der Waals surface area contributed by atoms with E-state index in [1.807, 2.05) is 52.0 Å². The molecule has 3 aromatic rings. The monoisotopic (exact) mass is 463 g/mol. The highest BCUT2D eigenvalue weighted by atomic mass is 16.5. The summed E-state index contributed by atoms with van der Waals surface area (Å²) < 4.78 is 14.1. The van der Waals surface area contributed by atoms with Crippen LogP contribution in [0.5, 0.6) is 11.5 Å². The summed E-state index contributed by atoms with van der Waals surface area (Å²) in [6.45, 7) is 8.32. The van der Waals surface area contributed by atoms with E-state index in [0.29, 0.717) is 42.3 Å². The smallest absolute Gasteiger partial charge is 0.330 e. The van der Waals surface area contributed by atoms with E-state index in [2.05, 4.69) is 0 Å². The van der Waals surface area contributed by atoms with Gasteiger partial charge < -0.3 is 14.6 Å². The normalized spacial score (nSPS) is 12.8. The molecule has 1 aliphatic rings. The van der Waals surface area contributed by atoms with E-state index in [4.69, 9.17) is 14.5 Å². The van der Waals surface area contributed by atoms with Gasteiger partial charge in [0.1, 0.15) is 12.0 Å². The van der Waals surface area contributed by atoms with Crippen molar-refractivity contribution >= 4 is 11.7 Å². The number of carboxylic acid groups (broad SMARTS) is 1. The molecule has 2 heterocycles. The second-order valence-corrected chi connectivity index (χ2v) is 8.50. The van der Waals surface area contributed by atoms with Crippen molar-refractivity contribution in [2.45, 2.75) is 47.2 Å². The van der Waals surface area contributed by atoms with Gasteiger partial charge in [-0.1, -0.05) is 17.7 Å². The SMILES string of the molecule is CCOc1cc2c(cc1OC)-c1cc(=Nc3c(C)cc(C)cc3C)n(CC(=O)O)c(=O)n1CC2. The summed E-state index contributed by atoms with van der Waals surface area (Å²) in [5.74, 6) is 0.135. The number of methoxy groups -OCH3 is 1. The van der Waals surface area contributed by atoms with Gasteiger partial charge in [0.15, 0.2) is 11.5 Å². The molecule has 2 aromatic carbocycles. The number of fused-ring (bicyclic) bond motifs is 3. The number of carboxylic acids is 1. The summed E-state index contributed by atoms with van der Waals surface area (Å²) in [5.41, 5.74) is 6.22. The van der Waals surface area contributed by atoms with Crippen LogP contribution in [0.1, 0.15) is 29.2 Å². The Morgan fingerprint density at radius 2 is 1.79 bits per heavy atom. The van der Waals surface area contributed by atoms with Crippen molar-refractivity contribution < 1.29 is 19.4 Å². The van der Waals surface area contributed by atoms with Gasteiger partial charge in [-0.3, -0.25) is 13.9 Å². The molecule has 0 radical (unpaired) electrons. The second kappa shape index (κ2) is 9.21. The van der Waals surface area contributed by atoms with Crippen LogP contribution in [0.2, 0.25) is 0 Å². The Morgan fingerprint density at radius 3 is 2.41 bits per heavy atom. The van der Waals surface area contributed by atoms with E-state index < -0.39 is 18.2 Å². The maximum atomic E-state index is 13.5. The van der Waals surface area contributed by atoms with Gasteiger partial charge in [-0.05, 0) is 62.9 Å². The fourth-order valence-electron chi connectivity index (χ4n) is 4.61. The summed E-state index contributed by atoms with van der Waals surface area (Å²) in [5, 5.41) is 9.50. The van der Waals surface area contributed by atoms with Crippen LogP contribution in [-0.4, -0.2) is 33.9 Å². The highest BCUT2D eigenvalue weighted by Crippen LogP contribution is 2.37. The number of benzene rings is 2. The molecule has 0 saturated carbocycles. The largest absolute Gasteiger partial charge is 0.493 e. The van der Waals surface area contributed by atoms with Crippen LogP contribution < -0.4 is 20.7 Å². The molecule has 4 rings (SSSR count). The fraction of sp³-hybridized carbons (Fsp3) is 0.346. The van der Waals surface area contributed by atoms with Gasteiger partial charge in [0.25, 0.3) is 0 Å². The first-order valence-corrected chi connectivity index (χ1v) is 11.3. The lowest BCUT2D eigenvalue weighted by Gasteiger charge is -2.24. The Hall–Kier alpha value is -3.81. The summed E-state index contributed by atoms with van der Waals surface area (Å²) in [6, 6.07) is 9.66. The third-order valence-corrected chi connectivity index (χ3v) is 6.02. The van der Waals surface area contributed by atoms with Crippen molar-refractivity contribution in [2.24, 2.45) is 4.99 Å². The lowest BCUT2D eigenvalue weighted by atomic mass is 9.97. The van der Waals surface area contributed by atoms with Crippen molar-refractivity contribution in [1.29, 1.82) is 0 Å². The minimum atomic E-state index is -1.10. The lowest BCUT2D eigenvalue weighted by Crippen LogP contribution is -2.43. The second-order valence-electron chi connectivity index (χ2n) is 8.50. The highest BCUT2D eigenvalue weighted by molar-refractivity contribution is 5.70. The van der Waals surface area contributed by atoms with Crippen LogP contribution in [0, 0.1) is 20.8 Å².